The first-order valence-corrected chi connectivity index (χ1v) is 11.3. The predicted molar refractivity (Wildman–Crippen MR) is 122 cm³/mol. The van der Waals surface area contributed by atoms with Crippen molar-refractivity contribution >= 4 is 16.5 Å². The molecule has 6 rings (SSSR count). The third-order valence-corrected chi connectivity index (χ3v) is 6.97. The molecule has 0 radical (unpaired) electrons. The van der Waals surface area contributed by atoms with Gasteiger partial charge in [-0.05, 0) is 48.9 Å². The van der Waals surface area contributed by atoms with Crippen LogP contribution in [0.3, 0.4) is 0 Å². The lowest BCUT2D eigenvalue weighted by atomic mass is 9.87. The molecule has 2 fully saturated rings. The molecule has 1 saturated heterocycles. The smallest absolute Gasteiger partial charge is 0.168 e. The fraction of sp³-hybridized carbons (Fsp3) is 0.370. The molecule has 4 nitrogen and oxygen atoms in total. The lowest BCUT2D eigenvalue weighted by molar-refractivity contribution is -0.178. The Kier molecular flexibility index (Phi) is 4.67. The van der Waals surface area contributed by atoms with Gasteiger partial charge < -0.3 is 14.4 Å². The summed E-state index contributed by atoms with van der Waals surface area (Å²) in [4.78, 5) is 7.34. The first-order chi connectivity index (χ1) is 15.3. The normalized spacial score (nSPS) is 20.1. The first kappa shape index (κ1) is 18.9. The zero-order valence-corrected chi connectivity index (χ0v) is 17.6. The first-order valence-electron chi connectivity index (χ1n) is 11.3. The van der Waals surface area contributed by atoms with E-state index in [1.54, 1.807) is 0 Å². The van der Waals surface area contributed by atoms with Crippen LogP contribution in [0.5, 0.6) is 0 Å². The molecule has 1 spiro atoms. The van der Waals surface area contributed by atoms with Gasteiger partial charge in [0.1, 0.15) is 5.69 Å². The second-order valence-electron chi connectivity index (χ2n) is 8.73. The third kappa shape index (κ3) is 3.39. The van der Waals surface area contributed by atoms with E-state index >= 15 is 0 Å². The van der Waals surface area contributed by atoms with Crippen LogP contribution in [0.15, 0.2) is 54.7 Å². The van der Waals surface area contributed by atoms with Crippen molar-refractivity contribution < 1.29 is 9.47 Å². The summed E-state index contributed by atoms with van der Waals surface area (Å²) in [6.07, 6.45) is 7.26. The van der Waals surface area contributed by atoms with E-state index < -0.39 is 0 Å². The van der Waals surface area contributed by atoms with E-state index in [9.17, 15) is 0 Å². The summed E-state index contributed by atoms with van der Waals surface area (Å²) in [6, 6.07) is 17.2. The standard InChI is InChI=1S/C27H26N2O2/c1-2-5-20(6-3-1)9-10-24-23-7-4-8-25-26(23)21(19-28-24)13-16-29(25)22-11-14-27(15-12-22)30-17-18-31-27/h1-8,19,22H,11-18H2. The number of pyridine rings is 1. The molecule has 1 aromatic heterocycles. The van der Waals surface area contributed by atoms with Crippen LogP contribution in [0.2, 0.25) is 0 Å². The monoisotopic (exact) mass is 410 g/mol. The van der Waals surface area contributed by atoms with Crippen LogP contribution < -0.4 is 4.90 Å². The SMILES string of the molecule is C(#Cc1ncc2c3c(cccc13)N(C1CCC3(CC1)OCCO3)CC2)c1ccccc1. The van der Waals surface area contributed by atoms with Crippen molar-refractivity contribution in [2.45, 2.75) is 43.9 Å². The molecule has 156 valence electrons. The maximum Gasteiger partial charge on any atom is 0.168 e. The second-order valence-corrected chi connectivity index (χ2v) is 8.73. The highest BCUT2D eigenvalue weighted by Gasteiger charge is 2.42. The molecule has 0 N–H and O–H groups in total. The number of anilines is 1. The molecule has 2 aliphatic heterocycles. The Morgan fingerprint density at radius 2 is 1.74 bits per heavy atom. The Bertz CT molecular complexity index is 1160. The number of ether oxygens (including phenoxy) is 2. The van der Waals surface area contributed by atoms with Crippen LogP contribution in [0.1, 0.15) is 42.5 Å². The predicted octanol–water partition coefficient (Wildman–Crippen LogP) is 4.68. The van der Waals surface area contributed by atoms with Crippen molar-refractivity contribution in [1.29, 1.82) is 0 Å². The Labute approximate surface area is 183 Å². The summed E-state index contributed by atoms with van der Waals surface area (Å²) in [7, 11) is 0. The Balaban J connectivity index is 1.34. The highest BCUT2D eigenvalue weighted by Crippen LogP contribution is 2.42. The molecule has 0 unspecified atom stereocenters. The van der Waals surface area contributed by atoms with Crippen molar-refractivity contribution in [3.8, 4) is 11.8 Å². The van der Waals surface area contributed by atoms with E-state index in [-0.39, 0.29) is 5.79 Å². The van der Waals surface area contributed by atoms with E-state index in [1.807, 2.05) is 36.5 Å². The van der Waals surface area contributed by atoms with Gasteiger partial charge in [0.05, 0.1) is 13.2 Å². The van der Waals surface area contributed by atoms with Gasteiger partial charge in [0, 0.05) is 53.6 Å². The summed E-state index contributed by atoms with van der Waals surface area (Å²) in [5.74, 6) is 6.29. The highest BCUT2D eigenvalue weighted by atomic mass is 16.7. The summed E-state index contributed by atoms with van der Waals surface area (Å²) >= 11 is 0. The molecule has 3 aliphatic rings. The van der Waals surface area contributed by atoms with Crippen LogP contribution in [-0.2, 0) is 15.9 Å². The average molecular weight is 411 g/mol. The van der Waals surface area contributed by atoms with Gasteiger partial charge in [-0.15, -0.1) is 0 Å². The summed E-state index contributed by atoms with van der Waals surface area (Å²) in [6.45, 7) is 2.52. The number of rotatable bonds is 1. The third-order valence-electron chi connectivity index (χ3n) is 6.97. The van der Waals surface area contributed by atoms with Crippen LogP contribution in [-0.4, -0.2) is 36.6 Å². The van der Waals surface area contributed by atoms with Crippen molar-refractivity contribution in [2.24, 2.45) is 0 Å². The Morgan fingerprint density at radius 3 is 2.55 bits per heavy atom. The molecular formula is C27H26N2O2. The minimum atomic E-state index is -0.305. The molecule has 1 aliphatic carbocycles. The van der Waals surface area contributed by atoms with Gasteiger partial charge in [0.2, 0.25) is 0 Å². The van der Waals surface area contributed by atoms with Crippen molar-refractivity contribution in [3.05, 3.63) is 71.5 Å². The zero-order valence-electron chi connectivity index (χ0n) is 17.6. The summed E-state index contributed by atoms with van der Waals surface area (Å²) < 4.78 is 11.9. The van der Waals surface area contributed by atoms with Crippen molar-refractivity contribution in [3.63, 3.8) is 0 Å². The van der Waals surface area contributed by atoms with Crippen LogP contribution >= 0.6 is 0 Å². The van der Waals surface area contributed by atoms with Gasteiger partial charge in [-0.1, -0.05) is 36.3 Å². The molecule has 0 bridgehead atoms. The Hall–Kier alpha value is -2.87. The number of benzene rings is 2. The van der Waals surface area contributed by atoms with E-state index in [2.05, 4.69) is 34.9 Å². The number of nitrogens with zero attached hydrogens (tertiary/aromatic N) is 2. The van der Waals surface area contributed by atoms with E-state index in [4.69, 9.17) is 14.5 Å². The average Bonchev–Trinajstić information content (AvgIpc) is 3.28. The second kappa shape index (κ2) is 7.67. The van der Waals surface area contributed by atoms with Gasteiger partial charge in [-0.3, -0.25) is 0 Å². The zero-order chi connectivity index (χ0) is 20.7. The maximum atomic E-state index is 5.95. The van der Waals surface area contributed by atoms with Crippen LogP contribution in [0, 0.1) is 11.8 Å². The van der Waals surface area contributed by atoms with Gasteiger partial charge >= 0.3 is 0 Å². The molecule has 2 aromatic carbocycles. The van der Waals surface area contributed by atoms with E-state index in [0.717, 1.165) is 68.5 Å². The number of hydrogen-bond donors (Lipinski definition) is 0. The van der Waals surface area contributed by atoms with Gasteiger partial charge in [-0.25, -0.2) is 4.98 Å². The number of aromatic nitrogens is 1. The van der Waals surface area contributed by atoms with Crippen LogP contribution in [0.4, 0.5) is 5.69 Å². The van der Waals surface area contributed by atoms with Gasteiger partial charge in [0.15, 0.2) is 5.79 Å². The van der Waals surface area contributed by atoms with Crippen LogP contribution in [0.25, 0.3) is 10.8 Å². The molecule has 1 saturated carbocycles. The number of hydrogen-bond acceptors (Lipinski definition) is 4. The maximum absolute atomic E-state index is 5.95. The molecule has 0 atom stereocenters. The molecule has 3 aromatic rings. The Morgan fingerprint density at radius 1 is 0.935 bits per heavy atom. The van der Waals surface area contributed by atoms with E-state index in [0.29, 0.717) is 6.04 Å². The summed E-state index contributed by atoms with van der Waals surface area (Å²) in [5, 5.41) is 2.49. The lowest BCUT2D eigenvalue weighted by Crippen LogP contribution is -2.46. The van der Waals surface area contributed by atoms with Gasteiger partial charge in [0.25, 0.3) is 0 Å². The molecular weight excluding hydrogens is 384 g/mol. The molecule has 0 amide bonds. The van der Waals surface area contributed by atoms with E-state index in [1.165, 1.54) is 16.6 Å². The molecule has 4 heteroatoms. The summed E-state index contributed by atoms with van der Waals surface area (Å²) in [5.41, 5.74) is 4.54. The largest absolute Gasteiger partial charge is 0.368 e. The van der Waals surface area contributed by atoms with Gasteiger partial charge in [-0.2, -0.15) is 0 Å². The quantitative estimate of drug-likeness (QED) is 0.546. The van der Waals surface area contributed by atoms with Crippen molar-refractivity contribution in [2.75, 3.05) is 24.7 Å². The highest BCUT2D eigenvalue weighted by molar-refractivity contribution is 6.00. The fourth-order valence-corrected chi connectivity index (χ4v) is 5.41. The minimum absolute atomic E-state index is 0.305. The lowest BCUT2D eigenvalue weighted by Gasteiger charge is -2.43. The topological polar surface area (TPSA) is 34.6 Å². The minimum Gasteiger partial charge on any atom is -0.368 e. The molecule has 3 heterocycles. The fourth-order valence-electron chi connectivity index (χ4n) is 5.41. The molecule has 31 heavy (non-hydrogen) atoms. The van der Waals surface area contributed by atoms with Crippen molar-refractivity contribution in [1.82, 2.24) is 4.98 Å².